The van der Waals surface area contributed by atoms with E-state index in [2.05, 4.69) is 22.0 Å². The van der Waals surface area contributed by atoms with E-state index in [9.17, 15) is 8.42 Å². The van der Waals surface area contributed by atoms with Gasteiger partial charge in [0.2, 0.25) is 0 Å². The predicted octanol–water partition coefficient (Wildman–Crippen LogP) is 3.91. The van der Waals surface area contributed by atoms with Crippen LogP contribution in [0.25, 0.3) is 0 Å². The Kier molecular flexibility index (Phi) is 3.94. The van der Waals surface area contributed by atoms with Gasteiger partial charge in [-0.15, -0.1) is 11.3 Å². The number of benzene rings is 1. The third-order valence-corrected chi connectivity index (χ3v) is 8.08. The highest BCUT2D eigenvalue weighted by Gasteiger charge is 2.30. The summed E-state index contributed by atoms with van der Waals surface area (Å²) < 4.78 is 27.7. The summed E-state index contributed by atoms with van der Waals surface area (Å²) >= 11 is 10.3. The van der Waals surface area contributed by atoms with E-state index in [0.29, 0.717) is 21.9 Å². The van der Waals surface area contributed by atoms with E-state index < -0.39 is 10.0 Å². The van der Waals surface area contributed by atoms with Crippen molar-refractivity contribution in [2.24, 2.45) is 0 Å². The molecule has 20 heavy (non-hydrogen) atoms. The first kappa shape index (κ1) is 14.5. The van der Waals surface area contributed by atoms with E-state index in [-0.39, 0.29) is 4.21 Å². The van der Waals surface area contributed by atoms with Gasteiger partial charge in [0.15, 0.2) is 0 Å². The summed E-state index contributed by atoms with van der Waals surface area (Å²) in [4.78, 5) is 0. The van der Waals surface area contributed by atoms with Crippen LogP contribution in [-0.2, 0) is 23.0 Å². The molecule has 0 amide bonds. The van der Waals surface area contributed by atoms with Gasteiger partial charge in [-0.25, -0.2) is 8.42 Å². The van der Waals surface area contributed by atoms with E-state index in [1.165, 1.54) is 15.9 Å². The molecule has 1 aliphatic heterocycles. The molecular weight excluding hydrogens is 382 g/mol. The van der Waals surface area contributed by atoms with Crippen molar-refractivity contribution >= 4 is 48.9 Å². The van der Waals surface area contributed by atoms with Crippen molar-refractivity contribution in [1.29, 1.82) is 0 Å². The zero-order valence-electron chi connectivity index (χ0n) is 10.3. The molecule has 0 bridgehead atoms. The first-order chi connectivity index (χ1) is 9.48. The number of nitrogens with zero attached hydrogens (tertiary/aromatic N) is 1. The van der Waals surface area contributed by atoms with Gasteiger partial charge in [-0.2, -0.15) is 4.31 Å². The average molecular weight is 393 g/mol. The Morgan fingerprint density at radius 2 is 1.95 bits per heavy atom. The molecule has 0 fully saturated rings. The van der Waals surface area contributed by atoms with Gasteiger partial charge >= 0.3 is 0 Å². The van der Waals surface area contributed by atoms with E-state index in [0.717, 1.165) is 23.3 Å². The van der Waals surface area contributed by atoms with Crippen molar-refractivity contribution in [3.05, 3.63) is 50.3 Å². The fourth-order valence-electron chi connectivity index (χ4n) is 2.26. The molecule has 2 aromatic rings. The molecule has 0 unspecified atom stereocenters. The molecule has 0 spiro atoms. The van der Waals surface area contributed by atoms with Crippen LogP contribution in [0, 0.1) is 0 Å². The molecule has 3 nitrogen and oxygen atoms in total. The minimum atomic E-state index is -3.47. The van der Waals surface area contributed by atoms with Gasteiger partial charge in [0.1, 0.15) is 4.21 Å². The van der Waals surface area contributed by atoms with Crippen LogP contribution in [0.3, 0.4) is 0 Å². The fourth-order valence-corrected chi connectivity index (χ4v) is 6.23. The Balaban J connectivity index is 1.94. The maximum Gasteiger partial charge on any atom is 0.252 e. The van der Waals surface area contributed by atoms with Crippen LogP contribution in [0.1, 0.15) is 11.1 Å². The van der Waals surface area contributed by atoms with E-state index in [1.54, 1.807) is 0 Å². The second kappa shape index (κ2) is 5.42. The van der Waals surface area contributed by atoms with Crippen molar-refractivity contribution < 1.29 is 8.42 Å². The largest absolute Gasteiger partial charge is 0.252 e. The summed E-state index contributed by atoms with van der Waals surface area (Å²) in [5, 5.41) is 0.436. The van der Waals surface area contributed by atoms with Crippen LogP contribution in [0.15, 0.2) is 38.3 Å². The quantitative estimate of drug-likeness (QED) is 0.777. The lowest BCUT2D eigenvalue weighted by Gasteiger charge is -2.27. The molecule has 1 aromatic heterocycles. The first-order valence-corrected chi connectivity index (χ1v) is 9.43. The normalized spacial score (nSPS) is 16.1. The molecule has 0 atom stereocenters. The van der Waals surface area contributed by atoms with Crippen molar-refractivity contribution in [1.82, 2.24) is 4.31 Å². The highest BCUT2D eigenvalue weighted by molar-refractivity contribution is 9.11. The molecule has 3 rings (SSSR count). The topological polar surface area (TPSA) is 37.4 Å². The maximum absolute atomic E-state index is 12.6. The van der Waals surface area contributed by atoms with Crippen molar-refractivity contribution in [2.45, 2.75) is 17.2 Å². The smallest absolute Gasteiger partial charge is 0.206 e. The number of hydrogen-bond donors (Lipinski definition) is 0. The van der Waals surface area contributed by atoms with Crippen LogP contribution in [0.4, 0.5) is 0 Å². The van der Waals surface area contributed by atoms with Crippen LogP contribution < -0.4 is 0 Å². The summed E-state index contributed by atoms with van der Waals surface area (Å²) in [6.07, 6.45) is 0.746. The monoisotopic (exact) mass is 391 g/mol. The maximum atomic E-state index is 12.6. The number of halogens is 2. The standard InChI is InChI=1S/C13H11BrClNO2S2/c14-13-11(15)7-12(19-13)20(17,18)16-6-5-9-3-1-2-4-10(9)8-16/h1-4,7H,5-6,8H2. The molecule has 0 radical (unpaired) electrons. The lowest BCUT2D eigenvalue weighted by atomic mass is 10.0. The highest BCUT2D eigenvalue weighted by atomic mass is 79.9. The number of thiophene rings is 1. The minimum absolute atomic E-state index is 0.286. The highest BCUT2D eigenvalue weighted by Crippen LogP contribution is 2.37. The third kappa shape index (κ3) is 2.55. The summed E-state index contributed by atoms with van der Waals surface area (Å²) in [5.41, 5.74) is 2.30. The Labute approximate surface area is 135 Å². The number of sulfonamides is 1. The van der Waals surface area contributed by atoms with Crippen LogP contribution in [-0.4, -0.2) is 19.3 Å². The summed E-state index contributed by atoms with van der Waals surface area (Å²) in [6.45, 7) is 0.929. The van der Waals surface area contributed by atoms with Crippen molar-refractivity contribution in [3.63, 3.8) is 0 Å². The predicted molar refractivity (Wildman–Crippen MR) is 84.8 cm³/mol. The lowest BCUT2D eigenvalue weighted by Crippen LogP contribution is -2.35. The van der Waals surface area contributed by atoms with Gasteiger partial charge in [-0.05, 0) is 39.5 Å². The second-order valence-corrected chi connectivity index (χ2v) is 9.49. The van der Waals surface area contributed by atoms with Crippen molar-refractivity contribution in [3.8, 4) is 0 Å². The van der Waals surface area contributed by atoms with Crippen LogP contribution >= 0.6 is 38.9 Å². The molecule has 1 aliphatic rings. The van der Waals surface area contributed by atoms with Gasteiger partial charge in [0, 0.05) is 13.1 Å². The van der Waals surface area contributed by atoms with Gasteiger partial charge in [0.05, 0.1) is 8.81 Å². The lowest BCUT2D eigenvalue weighted by molar-refractivity contribution is 0.392. The summed E-state index contributed by atoms with van der Waals surface area (Å²) in [7, 11) is -3.47. The molecule has 2 heterocycles. The van der Waals surface area contributed by atoms with Gasteiger partial charge in [-0.1, -0.05) is 35.9 Å². The average Bonchev–Trinajstić information content (AvgIpc) is 2.79. The Bertz CT molecular complexity index is 738. The molecule has 0 aliphatic carbocycles. The van der Waals surface area contributed by atoms with E-state index >= 15 is 0 Å². The zero-order valence-corrected chi connectivity index (χ0v) is 14.3. The number of fused-ring (bicyclic) bond motifs is 1. The van der Waals surface area contributed by atoms with Crippen molar-refractivity contribution in [2.75, 3.05) is 6.54 Å². The molecule has 0 saturated carbocycles. The van der Waals surface area contributed by atoms with E-state index in [4.69, 9.17) is 11.6 Å². The molecule has 7 heteroatoms. The summed E-state index contributed by atoms with van der Waals surface area (Å²) in [6, 6.07) is 9.46. The van der Waals surface area contributed by atoms with Crippen LogP contribution in [0.5, 0.6) is 0 Å². The number of rotatable bonds is 2. The fraction of sp³-hybridized carbons (Fsp3) is 0.231. The molecule has 1 aromatic carbocycles. The Morgan fingerprint density at radius 1 is 1.25 bits per heavy atom. The zero-order chi connectivity index (χ0) is 14.3. The second-order valence-electron chi connectivity index (χ2n) is 4.54. The molecular formula is C13H11BrClNO2S2. The van der Waals surface area contributed by atoms with Crippen LogP contribution in [0.2, 0.25) is 5.02 Å². The van der Waals surface area contributed by atoms with Gasteiger partial charge < -0.3 is 0 Å². The van der Waals surface area contributed by atoms with Gasteiger partial charge in [-0.3, -0.25) is 0 Å². The first-order valence-electron chi connectivity index (χ1n) is 6.00. The van der Waals surface area contributed by atoms with Gasteiger partial charge in [0.25, 0.3) is 10.0 Å². The Hall–Kier alpha value is -0.400. The molecule has 0 saturated heterocycles. The minimum Gasteiger partial charge on any atom is -0.206 e. The molecule has 0 N–H and O–H groups in total. The third-order valence-electron chi connectivity index (χ3n) is 3.31. The van der Waals surface area contributed by atoms with E-state index in [1.807, 2.05) is 18.2 Å². The summed E-state index contributed by atoms with van der Waals surface area (Å²) in [5.74, 6) is 0. The number of hydrogen-bond acceptors (Lipinski definition) is 3. The molecule has 106 valence electrons. The SMILES string of the molecule is O=S(=O)(c1cc(Cl)c(Br)s1)N1CCc2ccccc2C1. The Morgan fingerprint density at radius 3 is 2.60 bits per heavy atom.